The third kappa shape index (κ3) is 3.18. The van der Waals surface area contributed by atoms with Crippen molar-refractivity contribution >= 4 is 23.3 Å². The fraction of sp³-hybridized carbons (Fsp3) is 0. The molecule has 112 valence electrons. The van der Waals surface area contributed by atoms with Gasteiger partial charge in [-0.25, -0.2) is 4.79 Å². The maximum atomic E-state index is 12.0. The van der Waals surface area contributed by atoms with Crippen molar-refractivity contribution < 1.29 is 24.7 Å². The third-order valence-electron chi connectivity index (χ3n) is 2.81. The number of hydrogen-bond acceptors (Lipinski definition) is 5. The summed E-state index contributed by atoms with van der Waals surface area (Å²) in [5.41, 5.74) is -0.412. The van der Waals surface area contributed by atoms with Crippen LogP contribution in [0.4, 0.5) is 11.4 Å². The number of carboxylic acid groups (broad SMARTS) is 1. The summed E-state index contributed by atoms with van der Waals surface area (Å²) in [6.07, 6.45) is 0. The summed E-state index contributed by atoms with van der Waals surface area (Å²) >= 11 is 0. The van der Waals surface area contributed by atoms with Crippen molar-refractivity contribution in [2.75, 3.05) is 5.32 Å². The number of rotatable bonds is 4. The van der Waals surface area contributed by atoms with Crippen LogP contribution in [-0.2, 0) is 0 Å². The highest BCUT2D eigenvalue weighted by atomic mass is 16.6. The van der Waals surface area contributed by atoms with E-state index in [-0.39, 0.29) is 22.5 Å². The molecule has 0 unspecified atom stereocenters. The SMILES string of the molecule is O=C(Nc1ccc([O-])cc1C(=O)O)c1ccc([N+](=O)[O-])cc1. The molecule has 22 heavy (non-hydrogen) atoms. The Kier molecular flexibility index (Phi) is 4.03. The molecule has 2 N–H and O–H groups in total. The van der Waals surface area contributed by atoms with E-state index in [1.807, 2.05) is 0 Å². The Labute approximate surface area is 123 Å². The average molecular weight is 301 g/mol. The van der Waals surface area contributed by atoms with Gasteiger partial charge in [0.15, 0.2) is 0 Å². The van der Waals surface area contributed by atoms with Gasteiger partial charge in [0.25, 0.3) is 11.6 Å². The van der Waals surface area contributed by atoms with Crippen molar-refractivity contribution in [2.45, 2.75) is 0 Å². The van der Waals surface area contributed by atoms with Gasteiger partial charge in [0.05, 0.1) is 16.2 Å². The first-order valence-electron chi connectivity index (χ1n) is 5.98. The largest absolute Gasteiger partial charge is 0.872 e. The Morgan fingerprint density at radius 2 is 1.73 bits per heavy atom. The molecule has 8 heteroatoms. The molecule has 0 aliphatic rings. The van der Waals surface area contributed by atoms with Crippen molar-refractivity contribution in [3.63, 3.8) is 0 Å². The Hall–Kier alpha value is -3.42. The topological polar surface area (TPSA) is 133 Å². The number of nitrogens with one attached hydrogen (secondary N) is 1. The van der Waals surface area contributed by atoms with Gasteiger partial charge < -0.3 is 15.5 Å². The van der Waals surface area contributed by atoms with Crippen LogP contribution in [0.1, 0.15) is 20.7 Å². The van der Waals surface area contributed by atoms with Crippen LogP contribution in [0.25, 0.3) is 0 Å². The second-order valence-electron chi connectivity index (χ2n) is 4.27. The zero-order chi connectivity index (χ0) is 16.3. The molecule has 0 heterocycles. The molecular formula is C14H9N2O6-. The van der Waals surface area contributed by atoms with Gasteiger partial charge in [0.1, 0.15) is 0 Å². The smallest absolute Gasteiger partial charge is 0.337 e. The number of nitro groups is 1. The number of carbonyl (C=O) groups is 2. The molecule has 2 aromatic carbocycles. The summed E-state index contributed by atoms with van der Waals surface area (Å²) < 4.78 is 0. The van der Waals surface area contributed by atoms with Gasteiger partial charge in [-0.1, -0.05) is 12.1 Å². The van der Waals surface area contributed by atoms with Crippen LogP contribution in [-0.4, -0.2) is 21.9 Å². The van der Waals surface area contributed by atoms with Crippen LogP contribution < -0.4 is 10.4 Å². The van der Waals surface area contributed by atoms with Gasteiger partial charge in [-0.05, 0) is 18.2 Å². The minimum atomic E-state index is -1.35. The summed E-state index contributed by atoms with van der Waals surface area (Å²) in [5.74, 6) is -2.49. The molecule has 0 aromatic heterocycles. The first-order valence-corrected chi connectivity index (χ1v) is 5.98. The summed E-state index contributed by atoms with van der Waals surface area (Å²) in [4.78, 5) is 33.0. The minimum Gasteiger partial charge on any atom is -0.872 e. The lowest BCUT2D eigenvalue weighted by molar-refractivity contribution is -0.384. The number of benzene rings is 2. The van der Waals surface area contributed by atoms with Crippen LogP contribution in [0.3, 0.4) is 0 Å². The van der Waals surface area contributed by atoms with E-state index in [0.29, 0.717) is 0 Å². The number of carboxylic acids is 1. The number of aromatic carboxylic acids is 1. The highest BCUT2D eigenvalue weighted by Gasteiger charge is 2.14. The number of nitrogens with zero attached hydrogens (tertiary/aromatic N) is 1. The molecule has 0 bridgehead atoms. The van der Waals surface area contributed by atoms with E-state index in [0.717, 1.165) is 24.3 Å². The minimum absolute atomic E-state index is 0.0320. The van der Waals surface area contributed by atoms with E-state index in [1.54, 1.807) is 0 Å². The van der Waals surface area contributed by atoms with Crippen LogP contribution in [0.5, 0.6) is 5.75 Å². The molecule has 1 amide bonds. The monoisotopic (exact) mass is 301 g/mol. The number of anilines is 1. The molecule has 0 spiro atoms. The van der Waals surface area contributed by atoms with Gasteiger partial charge in [0.2, 0.25) is 0 Å². The first kappa shape index (κ1) is 15.0. The standard InChI is InChI=1S/C14H10N2O6/c17-10-5-6-12(11(7-10)14(19)20)15-13(18)8-1-3-9(4-2-8)16(21)22/h1-7,17H,(H,15,18)(H,19,20)/p-1. The van der Waals surface area contributed by atoms with E-state index in [1.165, 1.54) is 18.2 Å². The average Bonchev–Trinajstić information content (AvgIpc) is 2.48. The zero-order valence-electron chi connectivity index (χ0n) is 11.0. The Morgan fingerprint density at radius 3 is 2.27 bits per heavy atom. The molecule has 2 rings (SSSR count). The van der Waals surface area contributed by atoms with Gasteiger partial charge >= 0.3 is 5.97 Å². The van der Waals surface area contributed by atoms with Gasteiger partial charge in [0, 0.05) is 17.7 Å². The van der Waals surface area contributed by atoms with Gasteiger partial charge in [-0.15, -0.1) is 5.75 Å². The maximum Gasteiger partial charge on any atom is 0.337 e. The fourth-order valence-electron chi connectivity index (χ4n) is 1.74. The van der Waals surface area contributed by atoms with E-state index >= 15 is 0 Å². The van der Waals surface area contributed by atoms with Crippen LogP contribution >= 0.6 is 0 Å². The number of amides is 1. The van der Waals surface area contributed by atoms with E-state index in [9.17, 15) is 24.8 Å². The van der Waals surface area contributed by atoms with Gasteiger partial charge in [-0.3, -0.25) is 14.9 Å². The Balaban J connectivity index is 2.25. The summed E-state index contributed by atoms with van der Waals surface area (Å²) in [6.45, 7) is 0. The number of hydrogen-bond donors (Lipinski definition) is 2. The highest BCUT2D eigenvalue weighted by molar-refractivity contribution is 6.07. The lowest BCUT2D eigenvalue weighted by Crippen LogP contribution is -2.15. The van der Waals surface area contributed by atoms with Crippen LogP contribution in [0, 0.1) is 10.1 Å². The summed E-state index contributed by atoms with van der Waals surface area (Å²) in [6, 6.07) is 8.02. The number of carbonyl (C=O) groups excluding carboxylic acids is 1. The third-order valence-corrected chi connectivity index (χ3v) is 2.81. The molecule has 2 aromatic rings. The van der Waals surface area contributed by atoms with Crippen molar-refractivity contribution in [3.05, 3.63) is 63.7 Å². The van der Waals surface area contributed by atoms with E-state index < -0.39 is 22.5 Å². The molecule has 0 radical (unpaired) electrons. The lowest BCUT2D eigenvalue weighted by atomic mass is 10.1. The van der Waals surface area contributed by atoms with Crippen LogP contribution in [0.2, 0.25) is 0 Å². The molecule has 0 aliphatic carbocycles. The summed E-state index contributed by atoms with van der Waals surface area (Å²) in [5, 5.41) is 33.1. The predicted octanol–water partition coefficient (Wildman–Crippen LogP) is 1.62. The predicted molar refractivity (Wildman–Crippen MR) is 73.9 cm³/mol. The fourth-order valence-corrected chi connectivity index (χ4v) is 1.74. The lowest BCUT2D eigenvalue weighted by Gasteiger charge is -2.12. The molecule has 0 saturated heterocycles. The molecular weight excluding hydrogens is 292 g/mol. The van der Waals surface area contributed by atoms with Crippen molar-refractivity contribution in [1.29, 1.82) is 0 Å². The summed E-state index contributed by atoms with van der Waals surface area (Å²) in [7, 11) is 0. The number of non-ortho nitro benzene ring substituents is 1. The normalized spacial score (nSPS) is 10.0. The van der Waals surface area contributed by atoms with Crippen molar-refractivity contribution in [2.24, 2.45) is 0 Å². The number of nitro benzene ring substituents is 1. The first-order chi connectivity index (χ1) is 10.4. The Bertz CT molecular complexity index is 754. The molecule has 0 aliphatic heterocycles. The Morgan fingerprint density at radius 1 is 1.09 bits per heavy atom. The second-order valence-corrected chi connectivity index (χ2v) is 4.27. The van der Waals surface area contributed by atoms with Crippen molar-refractivity contribution in [3.8, 4) is 5.75 Å². The van der Waals surface area contributed by atoms with E-state index in [2.05, 4.69) is 5.32 Å². The molecule has 0 atom stereocenters. The highest BCUT2D eigenvalue weighted by Crippen LogP contribution is 2.21. The zero-order valence-corrected chi connectivity index (χ0v) is 11.0. The van der Waals surface area contributed by atoms with Crippen molar-refractivity contribution in [1.82, 2.24) is 0 Å². The van der Waals surface area contributed by atoms with Crippen LogP contribution in [0.15, 0.2) is 42.5 Å². The molecule has 0 saturated carbocycles. The molecule has 0 fully saturated rings. The van der Waals surface area contributed by atoms with Gasteiger partial charge in [-0.2, -0.15) is 0 Å². The second kappa shape index (κ2) is 5.92. The van der Waals surface area contributed by atoms with E-state index in [4.69, 9.17) is 5.11 Å². The molecule has 8 nitrogen and oxygen atoms in total. The quantitative estimate of drug-likeness (QED) is 0.651. The maximum absolute atomic E-state index is 12.0.